The minimum absolute atomic E-state index is 0.239. The molecule has 2 aromatic carbocycles. The van der Waals surface area contributed by atoms with Crippen LogP contribution in [0.2, 0.25) is 0 Å². The first-order valence-corrected chi connectivity index (χ1v) is 11.0. The molecule has 2 heterocycles. The molecule has 2 aliphatic rings. The highest BCUT2D eigenvalue weighted by molar-refractivity contribution is 5.94. The van der Waals surface area contributed by atoms with Crippen molar-refractivity contribution in [3.8, 4) is 11.5 Å². The molecule has 0 unspecified atom stereocenters. The summed E-state index contributed by atoms with van der Waals surface area (Å²) < 4.78 is 11.5. The second-order valence-electron chi connectivity index (χ2n) is 7.72. The van der Waals surface area contributed by atoms with Gasteiger partial charge in [-0.25, -0.2) is 4.99 Å². The molecule has 2 N–H and O–H groups in total. The van der Waals surface area contributed by atoms with Gasteiger partial charge in [0.05, 0.1) is 19.8 Å². The molecule has 0 radical (unpaired) electrons. The lowest BCUT2D eigenvalue weighted by Crippen LogP contribution is -2.30. The molecule has 2 aromatic rings. The summed E-state index contributed by atoms with van der Waals surface area (Å²) in [5.41, 5.74) is 3.16. The van der Waals surface area contributed by atoms with Crippen LogP contribution in [0.3, 0.4) is 0 Å². The molecule has 0 bridgehead atoms. The van der Waals surface area contributed by atoms with Gasteiger partial charge < -0.3 is 25.0 Å². The summed E-state index contributed by atoms with van der Waals surface area (Å²) in [5.74, 6) is 2.46. The molecule has 0 aromatic heterocycles. The number of fused-ring (bicyclic) bond motifs is 1. The number of benzene rings is 2. The van der Waals surface area contributed by atoms with Crippen molar-refractivity contribution < 1.29 is 14.3 Å². The Hall–Kier alpha value is -3.22. The number of likely N-dealkylation sites (tertiary alicyclic amines) is 1. The maximum Gasteiger partial charge on any atom is 0.222 e. The van der Waals surface area contributed by atoms with Gasteiger partial charge in [-0.1, -0.05) is 24.3 Å². The van der Waals surface area contributed by atoms with Gasteiger partial charge in [0.25, 0.3) is 0 Å². The van der Waals surface area contributed by atoms with Crippen molar-refractivity contribution in [2.75, 3.05) is 31.6 Å². The molecule has 1 amide bonds. The molecule has 7 nitrogen and oxygen atoms in total. The summed E-state index contributed by atoms with van der Waals surface area (Å²) in [7, 11) is 0. The van der Waals surface area contributed by atoms with Crippen molar-refractivity contribution in [1.29, 1.82) is 0 Å². The molecule has 0 saturated carbocycles. The number of nitrogens with zero attached hydrogens (tertiary/aromatic N) is 2. The molecule has 4 rings (SSSR count). The number of ether oxygens (including phenoxy) is 2. The molecule has 7 heteroatoms. The van der Waals surface area contributed by atoms with Gasteiger partial charge in [0.2, 0.25) is 5.91 Å². The standard InChI is InChI=1S/C24H30N4O3/c1-2-25-24(27-20-10-11-21-22(15-20)31-14-6-13-30-21)26-16-18-7-3-4-8-19(18)17-28-12-5-9-23(28)29/h3-4,7-8,10-11,15H,2,5-6,9,12-14,16-17H2,1H3,(H2,25,26,27). The number of amides is 1. The maximum absolute atomic E-state index is 12.0. The Morgan fingerprint density at radius 1 is 1.06 bits per heavy atom. The average molecular weight is 423 g/mol. The second kappa shape index (κ2) is 10.2. The number of aliphatic imine (C=N–C) groups is 1. The van der Waals surface area contributed by atoms with Crippen LogP contribution in [0.1, 0.15) is 37.3 Å². The predicted octanol–water partition coefficient (Wildman–Crippen LogP) is 3.55. The van der Waals surface area contributed by atoms with Gasteiger partial charge in [0.1, 0.15) is 0 Å². The molecular weight excluding hydrogens is 392 g/mol. The molecule has 1 fully saturated rings. The SMILES string of the molecule is CCNC(=NCc1ccccc1CN1CCCC1=O)Nc1ccc2c(c1)OCCCO2. The van der Waals surface area contributed by atoms with Crippen LogP contribution in [0.15, 0.2) is 47.5 Å². The lowest BCUT2D eigenvalue weighted by molar-refractivity contribution is -0.128. The van der Waals surface area contributed by atoms with E-state index < -0.39 is 0 Å². The smallest absolute Gasteiger partial charge is 0.222 e. The van der Waals surface area contributed by atoms with Crippen molar-refractivity contribution in [1.82, 2.24) is 10.2 Å². The van der Waals surface area contributed by atoms with Crippen molar-refractivity contribution in [2.45, 2.75) is 39.3 Å². The molecule has 0 atom stereocenters. The Morgan fingerprint density at radius 3 is 2.65 bits per heavy atom. The fraction of sp³-hybridized carbons (Fsp3) is 0.417. The highest BCUT2D eigenvalue weighted by atomic mass is 16.5. The topological polar surface area (TPSA) is 75.2 Å². The van der Waals surface area contributed by atoms with Crippen LogP contribution in [-0.2, 0) is 17.9 Å². The molecule has 2 aliphatic heterocycles. The van der Waals surface area contributed by atoms with Gasteiger partial charge in [-0.2, -0.15) is 0 Å². The van der Waals surface area contributed by atoms with E-state index in [0.29, 0.717) is 38.7 Å². The molecule has 0 spiro atoms. The number of rotatable bonds is 6. The second-order valence-corrected chi connectivity index (χ2v) is 7.72. The molecule has 31 heavy (non-hydrogen) atoms. The van der Waals surface area contributed by atoms with E-state index in [4.69, 9.17) is 14.5 Å². The number of anilines is 1. The molecule has 0 aliphatic carbocycles. The van der Waals surface area contributed by atoms with E-state index >= 15 is 0 Å². The number of hydrogen-bond acceptors (Lipinski definition) is 4. The van der Waals surface area contributed by atoms with E-state index in [0.717, 1.165) is 54.2 Å². The van der Waals surface area contributed by atoms with Crippen LogP contribution >= 0.6 is 0 Å². The predicted molar refractivity (Wildman–Crippen MR) is 122 cm³/mol. The Kier molecular flexibility index (Phi) is 6.92. The number of nitrogens with one attached hydrogen (secondary N) is 2. The number of guanidine groups is 1. The van der Waals surface area contributed by atoms with Crippen molar-refractivity contribution in [2.24, 2.45) is 4.99 Å². The van der Waals surface area contributed by atoms with Gasteiger partial charge in [0.15, 0.2) is 17.5 Å². The Labute approximate surface area is 183 Å². The van der Waals surface area contributed by atoms with E-state index in [1.54, 1.807) is 0 Å². The minimum Gasteiger partial charge on any atom is -0.490 e. The Balaban J connectivity index is 1.47. The first-order chi connectivity index (χ1) is 15.2. The molecule has 164 valence electrons. The van der Waals surface area contributed by atoms with Gasteiger partial charge in [-0.05, 0) is 36.6 Å². The van der Waals surface area contributed by atoms with Gasteiger partial charge in [-0.3, -0.25) is 4.79 Å². The van der Waals surface area contributed by atoms with Crippen LogP contribution in [0, 0.1) is 0 Å². The summed E-state index contributed by atoms with van der Waals surface area (Å²) in [6.07, 6.45) is 2.48. The van der Waals surface area contributed by atoms with E-state index in [2.05, 4.69) is 22.8 Å². The van der Waals surface area contributed by atoms with Crippen LogP contribution in [-0.4, -0.2) is 43.1 Å². The van der Waals surface area contributed by atoms with Gasteiger partial charge >= 0.3 is 0 Å². The largest absolute Gasteiger partial charge is 0.490 e. The van der Waals surface area contributed by atoms with Crippen LogP contribution in [0.5, 0.6) is 11.5 Å². The summed E-state index contributed by atoms with van der Waals surface area (Å²) in [6, 6.07) is 14.0. The fourth-order valence-electron chi connectivity index (χ4n) is 3.79. The van der Waals surface area contributed by atoms with E-state index in [1.807, 2.05) is 42.2 Å². The van der Waals surface area contributed by atoms with Gasteiger partial charge in [-0.15, -0.1) is 0 Å². The van der Waals surface area contributed by atoms with Crippen LogP contribution < -0.4 is 20.1 Å². The van der Waals surface area contributed by atoms with E-state index in [9.17, 15) is 4.79 Å². The Morgan fingerprint density at radius 2 is 1.87 bits per heavy atom. The van der Waals surface area contributed by atoms with Crippen molar-refractivity contribution in [3.05, 3.63) is 53.6 Å². The van der Waals surface area contributed by atoms with Crippen molar-refractivity contribution in [3.63, 3.8) is 0 Å². The minimum atomic E-state index is 0.239. The lowest BCUT2D eigenvalue weighted by atomic mass is 10.1. The van der Waals surface area contributed by atoms with Gasteiger partial charge in [0, 0.05) is 44.2 Å². The zero-order valence-electron chi connectivity index (χ0n) is 18.0. The van der Waals surface area contributed by atoms with Crippen LogP contribution in [0.4, 0.5) is 5.69 Å². The fourth-order valence-corrected chi connectivity index (χ4v) is 3.79. The number of hydrogen-bond donors (Lipinski definition) is 2. The zero-order valence-corrected chi connectivity index (χ0v) is 18.0. The highest BCUT2D eigenvalue weighted by Crippen LogP contribution is 2.32. The van der Waals surface area contributed by atoms with Crippen molar-refractivity contribution >= 4 is 17.6 Å². The van der Waals surface area contributed by atoms with Crippen LogP contribution in [0.25, 0.3) is 0 Å². The monoisotopic (exact) mass is 422 g/mol. The lowest BCUT2D eigenvalue weighted by Gasteiger charge is -2.18. The summed E-state index contributed by atoms with van der Waals surface area (Å²) >= 11 is 0. The number of carbonyl (C=O) groups is 1. The quantitative estimate of drug-likeness (QED) is 0.550. The van der Waals surface area contributed by atoms with E-state index in [-0.39, 0.29) is 5.91 Å². The third kappa shape index (κ3) is 5.48. The third-order valence-electron chi connectivity index (χ3n) is 5.41. The summed E-state index contributed by atoms with van der Waals surface area (Å²) in [4.78, 5) is 18.7. The van der Waals surface area contributed by atoms with E-state index in [1.165, 1.54) is 0 Å². The normalized spacial score (nSPS) is 16.2. The number of carbonyl (C=O) groups excluding carboxylic acids is 1. The first kappa shape index (κ1) is 21.0. The zero-order chi connectivity index (χ0) is 21.5. The first-order valence-electron chi connectivity index (χ1n) is 11.0. The maximum atomic E-state index is 12.0. The highest BCUT2D eigenvalue weighted by Gasteiger charge is 2.20. The molecule has 1 saturated heterocycles. The average Bonchev–Trinajstić information content (AvgIpc) is 3.04. The Bertz CT molecular complexity index is 944. The molecular formula is C24H30N4O3. The third-order valence-corrected chi connectivity index (χ3v) is 5.41. The summed E-state index contributed by atoms with van der Waals surface area (Å²) in [6.45, 7) is 6.13. The summed E-state index contributed by atoms with van der Waals surface area (Å²) in [5, 5.41) is 6.65.